The number of aromatic amines is 1. The zero-order valence-corrected chi connectivity index (χ0v) is 10.9. The molecule has 2 heterocycles. The lowest BCUT2D eigenvalue weighted by atomic mass is 10.2. The SMILES string of the molecule is CC(CO)CNC(=O)CCc1nc2ncccc2[nH]1. The Balaban J connectivity index is 1.83. The first-order valence-corrected chi connectivity index (χ1v) is 6.36. The van der Waals surface area contributed by atoms with Crippen LogP contribution < -0.4 is 5.32 Å². The van der Waals surface area contributed by atoms with Crippen LogP contribution >= 0.6 is 0 Å². The summed E-state index contributed by atoms with van der Waals surface area (Å²) in [5.74, 6) is 0.812. The number of aryl methyl sites for hydroxylation is 1. The van der Waals surface area contributed by atoms with E-state index in [2.05, 4.69) is 20.3 Å². The number of nitrogens with zero attached hydrogens (tertiary/aromatic N) is 2. The first kappa shape index (κ1) is 13.5. The predicted molar refractivity (Wildman–Crippen MR) is 71.5 cm³/mol. The van der Waals surface area contributed by atoms with Gasteiger partial charge < -0.3 is 15.4 Å². The van der Waals surface area contributed by atoms with Crippen LogP contribution in [0.2, 0.25) is 0 Å². The van der Waals surface area contributed by atoms with Crippen molar-refractivity contribution in [2.24, 2.45) is 5.92 Å². The highest BCUT2D eigenvalue weighted by molar-refractivity contribution is 5.76. The number of aliphatic hydroxyl groups excluding tert-OH is 1. The average molecular weight is 262 g/mol. The quantitative estimate of drug-likeness (QED) is 0.712. The van der Waals surface area contributed by atoms with Crippen LogP contribution in [0.5, 0.6) is 0 Å². The summed E-state index contributed by atoms with van der Waals surface area (Å²) in [6.45, 7) is 2.46. The van der Waals surface area contributed by atoms with Crippen molar-refractivity contribution >= 4 is 17.1 Å². The molecular formula is C13H18N4O2. The molecule has 19 heavy (non-hydrogen) atoms. The van der Waals surface area contributed by atoms with Gasteiger partial charge in [-0.1, -0.05) is 6.92 Å². The van der Waals surface area contributed by atoms with Gasteiger partial charge in [-0.15, -0.1) is 0 Å². The Morgan fingerprint density at radius 3 is 3.16 bits per heavy atom. The number of carbonyl (C=O) groups is 1. The fourth-order valence-corrected chi connectivity index (χ4v) is 1.69. The molecule has 0 aromatic carbocycles. The molecule has 0 aliphatic heterocycles. The van der Waals surface area contributed by atoms with E-state index in [4.69, 9.17) is 5.11 Å². The Morgan fingerprint density at radius 1 is 1.58 bits per heavy atom. The average Bonchev–Trinajstić information content (AvgIpc) is 2.85. The van der Waals surface area contributed by atoms with Gasteiger partial charge in [-0.3, -0.25) is 4.79 Å². The molecule has 1 atom stereocenters. The molecule has 2 aromatic rings. The van der Waals surface area contributed by atoms with Crippen molar-refractivity contribution in [1.82, 2.24) is 20.3 Å². The van der Waals surface area contributed by atoms with Crippen molar-refractivity contribution < 1.29 is 9.90 Å². The Kier molecular flexibility index (Phi) is 4.46. The molecule has 6 nitrogen and oxygen atoms in total. The Morgan fingerprint density at radius 2 is 2.42 bits per heavy atom. The number of aliphatic hydroxyl groups is 1. The molecule has 0 saturated carbocycles. The third-order valence-corrected chi connectivity index (χ3v) is 2.85. The van der Waals surface area contributed by atoms with Crippen LogP contribution in [0, 0.1) is 5.92 Å². The maximum Gasteiger partial charge on any atom is 0.220 e. The van der Waals surface area contributed by atoms with E-state index < -0.39 is 0 Å². The zero-order valence-electron chi connectivity index (χ0n) is 10.9. The smallest absolute Gasteiger partial charge is 0.220 e. The molecule has 1 unspecified atom stereocenters. The molecule has 6 heteroatoms. The van der Waals surface area contributed by atoms with Crippen LogP contribution in [-0.4, -0.2) is 39.1 Å². The van der Waals surface area contributed by atoms with Crippen molar-refractivity contribution in [3.63, 3.8) is 0 Å². The van der Waals surface area contributed by atoms with Gasteiger partial charge in [0.05, 0.1) is 5.52 Å². The standard InChI is InChI=1S/C13H18N4O2/c1-9(8-18)7-15-12(19)5-4-11-16-10-3-2-6-14-13(10)17-11/h2-3,6,9,18H,4-5,7-8H2,1H3,(H,15,19)(H,14,16,17). The highest BCUT2D eigenvalue weighted by Gasteiger charge is 2.07. The Bertz CT molecular complexity index is 519. The number of fused-ring (bicyclic) bond motifs is 1. The minimum atomic E-state index is -0.0336. The van der Waals surface area contributed by atoms with Crippen molar-refractivity contribution in [1.29, 1.82) is 0 Å². The van der Waals surface area contributed by atoms with Crippen LogP contribution in [-0.2, 0) is 11.2 Å². The molecule has 3 N–H and O–H groups in total. The fraction of sp³-hybridized carbons (Fsp3) is 0.462. The number of rotatable bonds is 6. The van der Waals surface area contributed by atoms with E-state index in [0.29, 0.717) is 25.0 Å². The Hall–Kier alpha value is -1.95. The van der Waals surface area contributed by atoms with Crippen molar-refractivity contribution in [2.75, 3.05) is 13.2 Å². The first-order chi connectivity index (χ1) is 9.19. The lowest BCUT2D eigenvalue weighted by molar-refractivity contribution is -0.121. The summed E-state index contributed by atoms with van der Waals surface area (Å²) in [5.41, 5.74) is 1.55. The van der Waals surface area contributed by atoms with E-state index in [9.17, 15) is 4.79 Å². The normalized spacial score (nSPS) is 12.5. The van der Waals surface area contributed by atoms with Crippen LogP contribution in [0.25, 0.3) is 11.2 Å². The number of aromatic nitrogens is 3. The van der Waals surface area contributed by atoms with Crippen molar-refractivity contribution in [2.45, 2.75) is 19.8 Å². The van der Waals surface area contributed by atoms with Gasteiger partial charge in [0.15, 0.2) is 5.65 Å². The summed E-state index contributed by atoms with van der Waals surface area (Å²) in [7, 11) is 0. The minimum Gasteiger partial charge on any atom is -0.396 e. The summed E-state index contributed by atoms with van der Waals surface area (Å²) in [4.78, 5) is 23.2. The van der Waals surface area contributed by atoms with Gasteiger partial charge in [0.2, 0.25) is 5.91 Å². The highest BCUT2D eigenvalue weighted by Crippen LogP contribution is 2.08. The molecule has 2 aromatic heterocycles. The number of imidazole rings is 1. The zero-order chi connectivity index (χ0) is 13.7. The molecular weight excluding hydrogens is 244 g/mol. The van der Waals surface area contributed by atoms with Gasteiger partial charge in [0, 0.05) is 32.2 Å². The number of carbonyl (C=O) groups excluding carboxylic acids is 1. The van der Waals surface area contributed by atoms with Gasteiger partial charge >= 0.3 is 0 Å². The third kappa shape index (κ3) is 3.75. The molecule has 0 bridgehead atoms. The maximum absolute atomic E-state index is 11.6. The fourth-order valence-electron chi connectivity index (χ4n) is 1.69. The van der Waals surface area contributed by atoms with E-state index in [-0.39, 0.29) is 18.4 Å². The monoisotopic (exact) mass is 262 g/mol. The van der Waals surface area contributed by atoms with Gasteiger partial charge in [0.1, 0.15) is 5.82 Å². The van der Waals surface area contributed by atoms with E-state index in [0.717, 1.165) is 11.3 Å². The molecule has 0 saturated heterocycles. The first-order valence-electron chi connectivity index (χ1n) is 6.36. The van der Waals surface area contributed by atoms with Crippen LogP contribution in [0.1, 0.15) is 19.2 Å². The van der Waals surface area contributed by atoms with Gasteiger partial charge in [0.25, 0.3) is 0 Å². The third-order valence-electron chi connectivity index (χ3n) is 2.85. The summed E-state index contributed by atoms with van der Waals surface area (Å²) < 4.78 is 0. The number of nitrogens with one attached hydrogen (secondary N) is 2. The molecule has 2 rings (SSSR count). The second kappa shape index (κ2) is 6.29. The molecule has 0 fully saturated rings. The van der Waals surface area contributed by atoms with Gasteiger partial charge in [-0.2, -0.15) is 0 Å². The number of H-pyrrole nitrogens is 1. The highest BCUT2D eigenvalue weighted by atomic mass is 16.3. The minimum absolute atomic E-state index is 0.0336. The predicted octanol–water partition coefficient (Wildman–Crippen LogP) is 0.635. The summed E-state index contributed by atoms with van der Waals surface area (Å²) in [5, 5.41) is 11.6. The largest absolute Gasteiger partial charge is 0.396 e. The van der Waals surface area contributed by atoms with Gasteiger partial charge in [-0.05, 0) is 18.1 Å². The molecule has 0 aliphatic rings. The number of hydrogen-bond acceptors (Lipinski definition) is 4. The lowest BCUT2D eigenvalue weighted by Crippen LogP contribution is -2.29. The maximum atomic E-state index is 11.6. The number of amides is 1. The van der Waals surface area contributed by atoms with Crippen LogP contribution in [0.15, 0.2) is 18.3 Å². The van der Waals surface area contributed by atoms with E-state index >= 15 is 0 Å². The van der Waals surface area contributed by atoms with Crippen LogP contribution in [0.4, 0.5) is 0 Å². The summed E-state index contributed by atoms with van der Waals surface area (Å²) >= 11 is 0. The lowest BCUT2D eigenvalue weighted by Gasteiger charge is -2.08. The molecule has 0 spiro atoms. The number of pyridine rings is 1. The second-order valence-corrected chi connectivity index (χ2v) is 4.65. The van der Waals surface area contributed by atoms with Crippen LogP contribution in [0.3, 0.4) is 0 Å². The van der Waals surface area contributed by atoms with Crippen molar-refractivity contribution in [3.05, 3.63) is 24.2 Å². The van der Waals surface area contributed by atoms with E-state index in [1.54, 1.807) is 6.20 Å². The molecule has 0 aliphatic carbocycles. The van der Waals surface area contributed by atoms with E-state index in [1.807, 2.05) is 19.1 Å². The summed E-state index contributed by atoms with van der Waals surface area (Å²) in [6.07, 6.45) is 2.61. The topological polar surface area (TPSA) is 90.9 Å². The van der Waals surface area contributed by atoms with E-state index in [1.165, 1.54) is 0 Å². The molecule has 1 amide bonds. The number of hydrogen-bond donors (Lipinski definition) is 3. The summed E-state index contributed by atoms with van der Waals surface area (Å²) in [6, 6.07) is 3.75. The second-order valence-electron chi connectivity index (χ2n) is 4.65. The molecule has 0 radical (unpaired) electrons. The van der Waals surface area contributed by atoms with Crippen molar-refractivity contribution in [3.8, 4) is 0 Å². The van der Waals surface area contributed by atoms with Gasteiger partial charge in [-0.25, -0.2) is 9.97 Å². The molecule has 102 valence electrons. The Labute approximate surface area is 111 Å².